The SMILES string of the molecule is COc1ccc2c(CC(=O)O)cc(=O)oc2c1CN1CCCC1. The molecule has 0 saturated carbocycles. The average Bonchev–Trinajstić information content (AvgIpc) is 3.00. The third kappa shape index (κ3) is 3.22. The summed E-state index contributed by atoms with van der Waals surface area (Å²) in [4.78, 5) is 25.2. The number of carboxylic acid groups (broad SMARTS) is 1. The van der Waals surface area contributed by atoms with Crippen molar-refractivity contribution in [1.29, 1.82) is 0 Å². The number of nitrogens with zero attached hydrogens (tertiary/aromatic N) is 1. The van der Waals surface area contributed by atoms with Crippen LogP contribution in [0, 0.1) is 0 Å². The summed E-state index contributed by atoms with van der Waals surface area (Å²) in [6.45, 7) is 2.62. The first-order valence-electron chi connectivity index (χ1n) is 7.65. The highest BCUT2D eigenvalue weighted by atomic mass is 16.5. The van der Waals surface area contributed by atoms with Gasteiger partial charge in [0.05, 0.1) is 19.1 Å². The molecular formula is C17H19NO5. The number of rotatable bonds is 5. The number of ether oxygens (including phenoxy) is 1. The third-order valence-electron chi connectivity index (χ3n) is 4.20. The molecule has 0 atom stereocenters. The second kappa shape index (κ2) is 6.42. The van der Waals surface area contributed by atoms with Crippen LogP contribution in [0.2, 0.25) is 0 Å². The molecule has 1 aromatic heterocycles. The monoisotopic (exact) mass is 317 g/mol. The van der Waals surface area contributed by atoms with Crippen LogP contribution in [0.5, 0.6) is 5.75 Å². The molecule has 2 heterocycles. The summed E-state index contributed by atoms with van der Waals surface area (Å²) in [5.41, 5.74) is 1.16. The molecule has 0 radical (unpaired) electrons. The van der Waals surface area contributed by atoms with Gasteiger partial charge in [-0.15, -0.1) is 0 Å². The Morgan fingerprint density at radius 2 is 2.09 bits per heavy atom. The van der Waals surface area contributed by atoms with Crippen molar-refractivity contribution in [3.8, 4) is 5.75 Å². The summed E-state index contributed by atoms with van der Waals surface area (Å²) in [5.74, 6) is -0.325. The van der Waals surface area contributed by atoms with Crippen molar-refractivity contribution in [2.75, 3.05) is 20.2 Å². The lowest BCUT2D eigenvalue weighted by Gasteiger charge is -2.18. The van der Waals surface area contributed by atoms with E-state index in [9.17, 15) is 9.59 Å². The van der Waals surface area contributed by atoms with E-state index in [1.807, 2.05) is 0 Å². The third-order valence-corrected chi connectivity index (χ3v) is 4.20. The molecule has 0 unspecified atom stereocenters. The number of fused-ring (bicyclic) bond motifs is 1. The summed E-state index contributed by atoms with van der Waals surface area (Å²) in [6, 6.07) is 4.81. The van der Waals surface area contributed by atoms with E-state index in [1.165, 1.54) is 6.07 Å². The number of methoxy groups -OCH3 is 1. The summed E-state index contributed by atoms with van der Waals surface area (Å²) in [6.07, 6.45) is 2.10. The first-order valence-corrected chi connectivity index (χ1v) is 7.65. The predicted octanol–water partition coefficient (Wildman–Crippen LogP) is 2.02. The van der Waals surface area contributed by atoms with E-state index >= 15 is 0 Å². The minimum Gasteiger partial charge on any atom is -0.496 e. The lowest BCUT2D eigenvalue weighted by molar-refractivity contribution is -0.136. The summed E-state index contributed by atoms with van der Waals surface area (Å²) in [7, 11) is 1.58. The first kappa shape index (κ1) is 15.6. The molecule has 0 spiro atoms. The highest BCUT2D eigenvalue weighted by Gasteiger charge is 2.20. The van der Waals surface area contributed by atoms with Crippen LogP contribution < -0.4 is 10.4 Å². The molecular weight excluding hydrogens is 298 g/mol. The molecule has 1 aliphatic heterocycles. The van der Waals surface area contributed by atoms with Gasteiger partial charge < -0.3 is 14.3 Å². The zero-order chi connectivity index (χ0) is 16.4. The maximum Gasteiger partial charge on any atom is 0.336 e. The quantitative estimate of drug-likeness (QED) is 0.850. The number of carboxylic acids is 1. The average molecular weight is 317 g/mol. The van der Waals surface area contributed by atoms with Crippen molar-refractivity contribution in [3.63, 3.8) is 0 Å². The van der Waals surface area contributed by atoms with Crippen molar-refractivity contribution in [3.05, 3.63) is 39.7 Å². The van der Waals surface area contributed by atoms with Gasteiger partial charge in [0, 0.05) is 18.0 Å². The lowest BCUT2D eigenvalue weighted by atomic mass is 10.0. The Bertz CT molecular complexity index is 789. The summed E-state index contributed by atoms with van der Waals surface area (Å²) in [5, 5.41) is 9.71. The molecule has 122 valence electrons. The van der Waals surface area contributed by atoms with Gasteiger partial charge in [0.25, 0.3) is 0 Å². The van der Waals surface area contributed by atoms with E-state index in [0.29, 0.717) is 28.8 Å². The maximum absolute atomic E-state index is 11.9. The van der Waals surface area contributed by atoms with E-state index in [-0.39, 0.29) is 6.42 Å². The largest absolute Gasteiger partial charge is 0.496 e. The fourth-order valence-corrected chi connectivity index (χ4v) is 3.14. The van der Waals surface area contributed by atoms with Gasteiger partial charge in [0.1, 0.15) is 11.3 Å². The minimum atomic E-state index is -0.978. The Labute approximate surface area is 133 Å². The van der Waals surface area contributed by atoms with Gasteiger partial charge in [0.2, 0.25) is 0 Å². The van der Waals surface area contributed by atoms with Gasteiger partial charge in [-0.1, -0.05) is 0 Å². The molecule has 1 aromatic carbocycles. The van der Waals surface area contributed by atoms with Crippen LogP contribution in [-0.2, 0) is 17.8 Å². The zero-order valence-corrected chi connectivity index (χ0v) is 13.0. The highest BCUT2D eigenvalue weighted by molar-refractivity contribution is 5.88. The van der Waals surface area contributed by atoms with E-state index in [0.717, 1.165) is 31.5 Å². The van der Waals surface area contributed by atoms with Gasteiger partial charge in [-0.05, 0) is 43.6 Å². The number of hydrogen-bond donors (Lipinski definition) is 1. The van der Waals surface area contributed by atoms with Crippen LogP contribution in [0.1, 0.15) is 24.0 Å². The van der Waals surface area contributed by atoms with Gasteiger partial charge >= 0.3 is 11.6 Å². The van der Waals surface area contributed by atoms with Crippen LogP contribution in [0.4, 0.5) is 0 Å². The molecule has 0 amide bonds. The molecule has 1 aliphatic rings. The van der Waals surface area contributed by atoms with Gasteiger partial charge in [-0.3, -0.25) is 9.69 Å². The molecule has 0 bridgehead atoms. The zero-order valence-electron chi connectivity index (χ0n) is 13.0. The second-order valence-electron chi connectivity index (χ2n) is 5.77. The van der Waals surface area contributed by atoms with Crippen LogP contribution in [-0.4, -0.2) is 36.2 Å². The predicted molar refractivity (Wildman–Crippen MR) is 84.9 cm³/mol. The number of benzene rings is 1. The van der Waals surface area contributed by atoms with Gasteiger partial charge in [-0.25, -0.2) is 4.79 Å². The summed E-state index contributed by atoms with van der Waals surface area (Å²) >= 11 is 0. The van der Waals surface area contributed by atoms with E-state index < -0.39 is 11.6 Å². The van der Waals surface area contributed by atoms with Crippen molar-refractivity contribution < 1.29 is 19.1 Å². The van der Waals surface area contributed by atoms with Crippen LogP contribution in [0.15, 0.2) is 27.4 Å². The topological polar surface area (TPSA) is 80.0 Å². The Morgan fingerprint density at radius 1 is 1.35 bits per heavy atom. The molecule has 6 nitrogen and oxygen atoms in total. The molecule has 6 heteroatoms. The normalized spacial score (nSPS) is 15.2. The Morgan fingerprint density at radius 3 is 2.74 bits per heavy atom. The lowest BCUT2D eigenvalue weighted by Crippen LogP contribution is -2.19. The maximum atomic E-state index is 11.9. The van der Waals surface area contributed by atoms with Crippen LogP contribution in [0.25, 0.3) is 11.0 Å². The highest BCUT2D eigenvalue weighted by Crippen LogP contribution is 2.31. The second-order valence-corrected chi connectivity index (χ2v) is 5.77. The molecule has 1 N–H and O–H groups in total. The number of carbonyl (C=O) groups is 1. The van der Waals surface area contributed by atoms with E-state index in [4.69, 9.17) is 14.3 Å². The van der Waals surface area contributed by atoms with Crippen molar-refractivity contribution in [2.45, 2.75) is 25.8 Å². The number of hydrogen-bond acceptors (Lipinski definition) is 5. The van der Waals surface area contributed by atoms with Crippen LogP contribution >= 0.6 is 0 Å². The molecule has 1 fully saturated rings. The van der Waals surface area contributed by atoms with Crippen molar-refractivity contribution in [1.82, 2.24) is 4.90 Å². The summed E-state index contributed by atoms with van der Waals surface area (Å²) < 4.78 is 10.8. The van der Waals surface area contributed by atoms with E-state index in [2.05, 4.69) is 4.90 Å². The minimum absolute atomic E-state index is 0.211. The van der Waals surface area contributed by atoms with E-state index in [1.54, 1.807) is 19.2 Å². The Hall–Kier alpha value is -2.34. The molecule has 23 heavy (non-hydrogen) atoms. The number of aliphatic carboxylic acids is 1. The van der Waals surface area contributed by atoms with Gasteiger partial charge in [-0.2, -0.15) is 0 Å². The molecule has 2 aromatic rings. The molecule has 1 saturated heterocycles. The molecule has 0 aliphatic carbocycles. The Kier molecular flexibility index (Phi) is 4.34. The van der Waals surface area contributed by atoms with Gasteiger partial charge in [0.15, 0.2) is 0 Å². The fourth-order valence-electron chi connectivity index (χ4n) is 3.14. The molecule has 3 rings (SSSR count). The van der Waals surface area contributed by atoms with Crippen molar-refractivity contribution >= 4 is 16.9 Å². The standard InChI is InChI=1S/C17H19NO5/c1-22-14-5-4-12-11(8-15(19)20)9-16(21)23-17(12)13(14)10-18-6-2-3-7-18/h4-5,9H,2-3,6-8,10H2,1H3,(H,19,20). The number of likely N-dealkylation sites (tertiary alicyclic amines) is 1. The Balaban J connectivity index is 2.16. The van der Waals surface area contributed by atoms with Crippen LogP contribution in [0.3, 0.4) is 0 Å². The smallest absolute Gasteiger partial charge is 0.336 e. The van der Waals surface area contributed by atoms with Crippen molar-refractivity contribution in [2.24, 2.45) is 0 Å². The fraction of sp³-hybridized carbons (Fsp3) is 0.412. The first-order chi connectivity index (χ1) is 11.1.